The summed E-state index contributed by atoms with van der Waals surface area (Å²) in [7, 11) is 1.82. The molecule has 2 aliphatic rings. The molecule has 5 heteroatoms. The van der Waals surface area contributed by atoms with E-state index in [2.05, 4.69) is 5.10 Å². The Morgan fingerprint density at radius 3 is 2.93 bits per heavy atom. The second kappa shape index (κ2) is 2.61. The molecule has 5 nitrogen and oxygen atoms in total. The predicted molar refractivity (Wildman–Crippen MR) is 52.3 cm³/mol. The number of rotatable bonds is 1. The highest BCUT2D eigenvalue weighted by molar-refractivity contribution is 5.93. The number of carbonyl (C=O) groups is 1. The van der Waals surface area contributed by atoms with Crippen LogP contribution in [0.15, 0.2) is 6.07 Å². The molecule has 1 aliphatic carbocycles. The second-order valence-corrected chi connectivity index (χ2v) is 4.48. The van der Waals surface area contributed by atoms with E-state index in [-0.39, 0.29) is 18.1 Å². The Labute approximate surface area is 87.3 Å². The smallest absolute Gasteiger partial charge is 0.271 e. The summed E-state index contributed by atoms with van der Waals surface area (Å²) in [4.78, 5) is 13.6. The van der Waals surface area contributed by atoms with Gasteiger partial charge in [0.25, 0.3) is 5.91 Å². The zero-order valence-electron chi connectivity index (χ0n) is 8.60. The number of hydrogen-bond donors (Lipinski definition) is 1. The zero-order valence-corrected chi connectivity index (χ0v) is 8.60. The third kappa shape index (κ3) is 1.07. The van der Waals surface area contributed by atoms with Crippen molar-refractivity contribution in [1.82, 2.24) is 14.7 Å². The number of aliphatic hydroxyl groups excluding tert-OH is 1. The van der Waals surface area contributed by atoms with Gasteiger partial charge in [0.1, 0.15) is 5.69 Å². The van der Waals surface area contributed by atoms with Crippen molar-refractivity contribution in [3.8, 4) is 0 Å². The monoisotopic (exact) mass is 207 g/mol. The van der Waals surface area contributed by atoms with E-state index in [0.717, 1.165) is 19.4 Å². The van der Waals surface area contributed by atoms with E-state index >= 15 is 0 Å². The molecule has 0 unspecified atom stereocenters. The van der Waals surface area contributed by atoms with Crippen molar-refractivity contribution in [2.24, 2.45) is 0 Å². The van der Waals surface area contributed by atoms with Crippen molar-refractivity contribution in [2.75, 3.05) is 13.6 Å². The molecule has 1 saturated carbocycles. The normalized spacial score (nSPS) is 22.0. The molecule has 0 bridgehead atoms. The molecular formula is C10H13N3O2. The molecule has 0 aromatic carbocycles. The first-order chi connectivity index (χ1) is 7.16. The molecule has 1 aliphatic heterocycles. The lowest BCUT2D eigenvalue weighted by Crippen LogP contribution is -2.45. The number of aromatic nitrogens is 2. The van der Waals surface area contributed by atoms with Crippen molar-refractivity contribution < 1.29 is 9.90 Å². The molecule has 0 atom stereocenters. The van der Waals surface area contributed by atoms with Crippen molar-refractivity contribution >= 4 is 5.91 Å². The summed E-state index contributed by atoms with van der Waals surface area (Å²) in [5.41, 5.74) is 1.23. The van der Waals surface area contributed by atoms with Gasteiger partial charge in [-0.1, -0.05) is 0 Å². The minimum Gasteiger partial charge on any atom is -0.390 e. The molecule has 1 aromatic heterocycles. The van der Waals surface area contributed by atoms with E-state index in [0.29, 0.717) is 11.4 Å². The Balaban J connectivity index is 2.14. The molecule has 1 aromatic rings. The van der Waals surface area contributed by atoms with Gasteiger partial charge in [-0.15, -0.1) is 0 Å². The Hall–Kier alpha value is -1.36. The molecule has 1 N–H and O–H groups in total. The number of likely N-dealkylation sites (N-methyl/N-ethyl adjacent to an activating group) is 1. The van der Waals surface area contributed by atoms with Crippen LogP contribution >= 0.6 is 0 Å². The average molecular weight is 207 g/mol. The fourth-order valence-corrected chi connectivity index (χ4v) is 2.31. The maximum Gasteiger partial charge on any atom is 0.271 e. The van der Waals surface area contributed by atoms with Crippen LogP contribution in [0.4, 0.5) is 0 Å². The lowest BCUT2D eigenvalue weighted by Gasteiger charge is -2.30. The van der Waals surface area contributed by atoms with Gasteiger partial charge in [-0.05, 0) is 18.9 Å². The highest BCUT2D eigenvalue weighted by atomic mass is 16.3. The molecule has 1 fully saturated rings. The number of hydrogen-bond acceptors (Lipinski definition) is 3. The molecule has 1 spiro atoms. The maximum atomic E-state index is 11.8. The van der Waals surface area contributed by atoms with Gasteiger partial charge in [0.05, 0.1) is 17.8 Å². The minimum absolute atomic E-state index is 0.000255. The highest BCUT2D eigenvalue weighted by Crippen LogP contribution is 2.46. The molecule has 15 heavy (non-hydrogen) atoms. The average Bonchev–Trinajstić information content (AvgIpc) is 2.85. The summed E-state index contributed by atoms with van der Waals surface area (Å²) in [6.07, 6.45) is 2.15. The Kier molecular flexibility index (Phi) is 1.55. The number of amides is 1. The molecule has 0 radical (unpaired) electrons. The topological polar surface area (TPSA) is 58.4 Å². The van der Waals surface area contributed by atoms with E-state index in [4.69, 9.17) is 5.11 Å². The Morgan fingerprint density at radius 2 is 2.33 bits per heavy atom. The fourth-order valence-electron chi connectivity index (χ4n) is 2.31. The second-order valence-electron chi connectivity index (χ2n) is 4.48. The molecule has 3 rings (SSSR count). The first kappa shape index (κ1) is 8.91. The molecule has 2 heterocycles. The van der Waals surface area contributed by atoms with Crippen LogP contribution in [0.1, 0.15) is 29.0 Å². The largest absolute Gasteiger partial charge is 0.390 e. The van der Waals surface area contributed by atoms with Crippen LogP contribution in [-0.2, 0) is 12.1 Å². The lowest BCUT2D eigenvalue weighted by molar-refractivity contribution is 0.0690. The summed E-state index contributed by atoms with van der Waals surface area (Å²) in [5, 5.41) is 13.3. The quantitative estimate of drug-likeness (QED) is 0.702. The highest BCUT2D eigenvalue weighted by Gasteiger charge is 2.51. The summed E-state index contributed by atoms with van der Waals surface area (Å²) in [5.74, 6) is -0.000255. The van der Waals surface area contributed by atoms with E-state index in [1.54, 1.807) is 11.0 Å². The van der Waals surface area contributed by atoms with E-state index in [1.165, 1.54) is 0 Å². The zero-order chi connectivity index (χ0) is 10.6. The van der Waals surface area contributed by atoms with Crippen LogP contribution in [0.2, 0.25) is 0 Å². The summed E-state index contributed by atoms with van der Waals surface area (Å²) >= 11 is 0. The first-order valence-corrected chi connectivity index (χ1v) is 5.12. The van der Waals surface area contributed by atoms with E-state index in [1.807, 2.05) is 11.7 Å². The SMILES string of the molecule is CN1CC2(CC2)n2nc(CO)cc2C1=O. The summed E-state index contributed by atoms with van der Waals surface area (Å²) in [6.45, 7) is 0.637. The van der Waals surface area contributed by atoms with Crippen molar-refractivity contribution in [3.63, 3.8) is 0 Å². The molecular weight excluding hydrogens is 194 g/mol. The summed E-state index contributed by atoms with van der Waals surface area (Å²) < 4.78 is 1.82. The maximum absolute atomic E-state index is 11.8. The third-order valence-corrected chi connectivity index (χ3v) is 3.30. The van der Waals surface area contributed by atoms with Crippen molar-refractivity contribution in [3.05, 3.63) is 17.5 Å². The van der Waals surface area contributed by atoms with Crippen LogP contribution in [0.3, 0.4) is 0 Å². The molecule has 80 valence electrons. The van der Waals surface area contributed by atoms with Gasteiger partial charge in [-0.25, -0.2) is 0 Å². The van der Waals surface area contributed by atoms with Crippen LogP contribution in [0.25, 0.3) is 0 Å². The van der Waals surface area contributed by atoms with Gasteiger partial charge >= 0.3 is 0 Å². The van der Waals surface area contributed by atoms with Crippen molar-refractivity contribution in [1.29, 1.82) is 0 Å². The van der Waals surface area contributed by atoms with Gasteiger partial charge in [0, 0.05) is 13.6 Å². The molecule has 1 amide bonds. The minimum atomic E-state index is -0.104. The van der Waals surface area contributed by atoms with E-state index < -0.39 is 0 Å². The van der Waals surface area contributed by atoms with Crippen LogP contribution in [0.5, 0.6) is 0 Å². The van der Waals surface area contributed by atoms with Gasteiger partial charge < -0.3 is 10.0 Å². The fraction of sp³-hybridized carbons (Fsp3) is 0.600. The van der Waals surface area contributed by atoms with Crippen molar-refractivity contribution in [2.45, 2.75) is 25.0 Å². The van der Waals surface area contributed by atoms with Crippen LogP contribution < -0.4 is 0 Å². The number of carbonyl (C=O) groups excluding carboxylic acids is 1. The van der Waals surface area contributed by atoms with Gasteiger partial charge in [0.15, 0.2) is 0 Å². The molecule has 0 saturated heterocycles. The Bertz CT molecular complexity index is 434. The first-order valence-electron chi connectivity index (χ1n) is 5.12. The predicted octanol–water partition coefficient (Wildman–Crippen LogP) is -0.0499. The third-order valence-electron chi connectivity index (χ3n) is 3.30. The summed E-state index contributed by atoms with van der Waals surface area (Å²) in [6, 6.07) is 1.69. The number of nitrogens with zero attached hydrogens (tertiary/aromatic N) is 3. The van der Waals surface area contributed by atoms with Gasteiger partial charge in [0.2, 0.25) is 0 Å². The number of fused-ring (bicyclic) bond motifs is 2. The van der Waals surface area contributed by atoms with E-state index in [9.17, 15) is 4.79 Å². The van der Waals surface area contributed by atoms with Crippen LogP contribution in [-0.4, -0.2) is 39.3 Å². The van der Waals surface area contributed by atoms with Crippen LogP contribution in [0, 0.1) is 0 Å². The standard InChI is InChI=1S/C10H13N3O2/c1-12-6-10(2-3-10)13-8(9(12)15)4-7(5-14)11-13/h4,14H,2-3,5-6H2,1H3. The lowest BCUT2D eigenvalue weighted by atomic mass is 10.1. The van der Waals surface area contributed by atoms with Gasteiger partial charge in [-0.3, -0.25) is 9.48 Å². The Morgan fingerprint density at radius 1 is 1.60 bits per heavy atom. The van der Waals surface area contributed by atoms with Gasteiger partial charge in [-0.2, -0.15) is 5.10 Å². The number of aliphatic hydroxyl groups is 1.